The molecule has 4 unspecified atom stereocenters. The molecule has 0 bridgehead atoms. The smallest absolute Gasteiger partial charge is 0.326 e. The number of nitrogens with one attached hydrogen (secondary N) is 4. The van der Waals surface area contributed by atoms with Gasteiger partial charge in [0.25, 0.3) is 0 Å². The van der Waals surface area contributed by atoms with Crippen LogP contribution in [0.5, 0.6) is 5.75 Å². The lowest BCUT2D eigenvalue weighted by Gasteiger charge is -2.25. The van der Waals surface area contributed by atoms with E-state index in [0.717, 1.165) is 10.9 Å². The highest BCUT2D eigenvalue weighted by Crippen LogP contribution is 2.19. The number of H-pyrrole nitrogens is 1. The van der Waals surface area contributed by atoms with Crippen LogP contribution in [0.4, 0.5) is 0 Å². The maximum atomic E-state index is 13.3. The van der Waals surface area contributed by atoms with E-state index >= 15 is 0 Å². The zero-order chi connectivity index (χ0) is 30.1. The second kappa shape index (κ2) is 13.9. The molecule has 10 N–H and O–H groups in total. The summed E-state index contributed by atoms with van der Waals surface area (Å²) in [5.41, 5.74) is 13.0. The summed E-state index contributed by atoms with van der Waals surface area (Å²) in [5, 5.41) is 27.7. The quantitative estimate of drug-likeness (QED) is 0.130. The van der Waals surface area contributed by atoms with Crippen molar-refractivity contribution in [2.24, 2.45) is 11.5 Å². The number of carbonyl (C=O) groups excluding carboxylic acids is 4. The molecule has 2 aromatic carbocycles. The van der Waals surface area contributed by atoms with Crippen LogP contribution in [0.25, 0.3) is 10.9 Å². The van der Waals surface area contributed by atoms with Gasteiger partial charge in [0.05, 0.1) is 6.04 Å². The number of aromatic nitrogens is 1. The normalized spacial score (nSPS) is 13.9. The van der Waals surface area contributed by atoms with Crippen molar-refractivity contribution in [3.8, 4) is 5.75 Å². The Hall–Kier alpha value is -4.91. The maximum Gasteiger partial charge on any atom is 0.326 e. The van der Waals surface area contributed by atoms with Gasteiger partial charge in [0.1, 0.15) is 23.9 Å². The summed E-state index contributed by atoms with van der Waals surface area (Å²) in [6.07, 6.45) is 1.13. The molecule has 218 valence electrons. The lowest BCUT2D eigenvalue weighted by Crippen LogP contribution is -2.57. The van der Waals surface area contributed by atoms with Crippen LogP contribution in [0.3, 0.4) is 0 Å². The molecule has 13 heteroatoms. The van der Waals surface area contributed by atoms with Crippen LogP contribution < -0.4 is 27.4 Å². The first kappa shape index (κ1) is 30.6. The van der Waals surface area contributed by atoms with Gasteiger partial charge in [-0.05, 0) is 42.7 Å². The summed E-state index contributed by atoms with van der Waals surface area (Å²) in [6.45, 7) is 1.44. The van der Waals surface area contributed by atoms with Crippen molar-refractivity contribution in [3.63, 3.8) is 0 Å². The number of aromatic amines is 1. The van der Waals surface area contributed by atoms with Crippen LogP contribution in [-0.2, 0) is 36.8 Å². The van der Waals surface area contributed by atoms with E-state index in [1.165, 1.54) is 19.1 Å². The average Bonchev–Trinajstić information content (AvgIpc) is 3.33. The number of aliphatic carboxylic acids is 1. The Balaban J connectivity index is 1.79. The molecule has 1 aromatic heterocycles. The molecule has 13 nitrogen and oxygen atoms in total. The van der Waals surface area contributed by atoms with E-state index in [4.69, 9.17) is 11.5 Å². The molecule has 0 spiro atoms. The molecule has 0 saturated heterocycles. The molecule has 41 heavy (non-hydrogen) atoms. The first-order valence-electron chi connectivity index (χ1n) is 12.9. The molecule has 0 radical (unpaired) electrons. The number of hydrogen-bond acceptors (Lipinski definition) is 7. The minimum absolute atomic E-state index is 0.00690. The van der Waals surface area contributed by atoms with Crippen LogP contribution in [0.1, 0.15) is 30.9 Å². The van der Waals surface area contributed by atoms with Crippen LogP contribution >= 0.6 is 0 Å². The highest BCUT2D eigenvalue weighted by Gasteiger charge is 2.31. The van der Waals surface area contributed by atoms with Gasteiger partial charge in [0.2, 0.25) is 23.6 Å². The third-order valence-electron chi connectivity index (χ3n) is 6.45. The second-order valence-electron chi connectivity index (χ2n) is 9.75. The van der Waals surface area contributed by atoms with Gasteiger partial charge in [-0.25, -0.2) is 4.79 Å². The minimum Gasteiger partial charge on any atom is -0.508 e. The number of aromatic hydroxyl groups is 1. The Morgan fingerprint density at radius 3 is 2.10 bits per heavy atom. The predicted octanol–water partition coefficient (Wildman–Crippen LogP) is -0.190. The van der Waals surface area contributed by atoms with Crippen molar-refractivity contribution in [3.05, 3.63) is 65.9 Å². The van der Waals surface area contributed by atoms with E-state index in [1.54, 1.807) is 18.3 Å². The number of primary amides is 1. The molecule has 0 aliphatic heterocycles. The highest BCUT2D eigenvalue weighted by atomic mass is 16.4. The average molecular weight is 567 g/mol. The topological polar surface area (TPSA) is 230 Å². The minimum atomic E-state index is -1.35. The molecule has 1 heterocycles. The number of phenolic OH excluding ortho intramolecular Hbond substituents is 1. The van der Waals surface area contributed by atoms with Gasteiger partial charge in [-0.1, -0.05) is 30.3 Å². The third kappa shape index (κ3) is 8.80. The first-order valence-corrected chi connectivity index (χ1v) is 12.9. The van der Waals surface area contributed by atoms with Crippen LogP contribution in [0.15, 0.2) is 54.7 Å². The fraction of sp³-hybridized carbons (Fsp3) is 0.321. The highest BCUT2D eigenvalue weighted by molar-refractivity contribution is 5.94. The zero-order valence-corrected chi connectivity index (χ0v) is 22.4. The van der Waals surface area contributed by atoms with E-state index in [0.29, 0.717) is 11.1 Å². The molecule has 0 aliphatic carbocycles. The number of carboxylic acids is 1. The molecular weight excluding hydrogens is 532 g/mol. The Kier molecular flexibility index (Phi) is 10.4. The summed E-state index contributed by atoms with van der Waals surface area (Å²) in [7, 11) is 0. The Bertz CT molecular complexity index is 1400. The van der Waals surface area contributed by atoms with Gasteiger partial charge in [-0.2, -0.15) is 0 Å². The number of carboxylic acid groups (broad SMARTS) is 1. The summed E-state index contributed by atoms with van der Waals surface area (Å²) < 4.78 is 0. The zero-order valence-electron chi connectivity index (χ0n) is 22.4. The molecule has 4 atom stereocenters. The molecule has 0 fully saturated rings. The monoisotopic (exact) mass is 566 g/mol. The lowest BCUT2D eigenvalue weighted by molar-refractivity contribution is -0.142. The Labute approximate surface area is 235 Å². The van der Waals surface area contributed by atoms with Crippen LogP contribution in [0, 0.1) is 0 Å². The Morgan fingerprint density at radius 2 is 1.46 bits per heavy atom. The van der Waals surface area contributed by atoms with Crippen LogP contribution in [-0.4, -0.2) is 69.0 Å². The number of phenols is 1. The van der Waals surface area contributed by atoms with Gasteiger partial charge >= 0.3 is 5.97 Å². The summed E-state index contributed by atoms with van der Waals surface area (Å²) in [4.78, 5) is 65.5. The molecular formula is C28H34N6O7. The van der Waals surface area contributed by atoms with Gasteiger partial charge < -0.3 is 42.6 Å². The van der Waals surface area contributed by atoms with Crippen molar-refractivity contribution >= 4 is 40.5 Å². The summed E-state index contributed by atoms with van der Waals surface area (Å²) in [6, 6.07) is 8.46. The molecule has 0 saturated carbocycles. The number of rotatable bonds is 14. The van der Waals surface area contributed by atoms with E-state index in [2.05, 4.69) is 20.9 Å². The lowest BCUT2D eigenvalue weighted by atomic mass is 10.0. The summed E-state index contributed by atoms with van der Waals surface area (Å²) >= 11 is 0. The Morgan fingerprint density at radius 1 is 0.854 bits per heavy atom. The fourth-order valence-electron chi connectivity index (χ4n) is 4.20. The van der Waals surface area contributed by atoms with Gasteiger partial charge in [0.15, 0.2) is 0 Å². The number of amides is 4. The number of hydrogen-bond donors (Lipinski definition) is 8. The van der Waals surface area contributed by atoms with Gasteiger partial charge in [-0.3, -0.25) is 19.2 Å². The standard InChI is InChI=1S/C28H34N6O7/c1-15(29)25(37)33-22(12-16-6-8-18(35)9-7-16)27(39)32-21(10-11-24(30)36)26(38)34-23(28(40)41)13-17-14-31-20-5-3-2-4-19(17)20/h2-9,14-15,21-23,31,35H,10-13,29H2,1H3,(H2,30,36)(H,32,39)(H,33,37)(H,34,38)(H,40,41). The number of nitrogens with two attached hydrogens (primary N) is 2. The molecule has 4 amide bonds. The summed E-state index contributed by atoms with van der Waals surface area (Å²) in [5.74, 6) is -4.23. The van der Waals surface area contributed by atoms with Crippen molar-refractivity contribution in [1.82, 2.24) is 20.9 Å². The van der Waals surface area contributed by atoms with Gasteiger partial charge in [0, 0.05) is 36.4 Å². The molecule has 0 aliphatic rings. The van der Waals surface area contributed by atoms with Crippen molar-refractivity contribution in [2.75, 3.05) is 0 Å². The first-order chi connectivity index (χ1) is 19.4. The number of benzene rings is 2. The number of para-hydroxylation sites is 1. The van der Waals surface area contributed by atoms with E-state index in [1.807, 2.05) is 24.3 Å². The van der Waals surface area contributed by atoms with Crippen molar-refractivity contribution in [2.45, 2.75) is 56.8 Å². The van der Waals surface area contributed by atoms with Crippen LogP contribution in [0.2, 0.25) is 0 Å². The van der Waals surface area contributed by atoms with E-state index in [-0.39, 0.29) is 31.4 Å². The largest absolute Gasteiger partial charge is 0.508 e. The van der Waals surface area contributed by atoms with Crippen molar-refractivity contribution in [1.29, 1.82) is 0 Å². The SMILES string of the molecule is CC(N)C(=O)NC(Cc1ccc(O)cc1)C(=O)NC(CCC(N)=O)C(=O)NC(Cc1c[nH]c2ccccc12)C(=O)O. The number of carbonyl (C=O) groups is 5. The molecule has 3 rings (SSSR count). The maximum absolute atomic E-state index is 13.3. The predicted molar refractivity (Wildman–Crippen MR) is 149 cm³/mol. The van der Waals surface area contributed by atoms with E-state index in [9.17, 15) is 34.2 Å². The fourth-order valence-corrected chi connectivity index (χ4v) is 4.20. The second-order valence-corrected chi connectivity index (χ2v) is 9.75. The molecule has 3 aromatic rings. The number of fused-ring (bicyclic) bond motifs is 1. The van der Waals surface area contributed by atoms with E-state index < -0.39 is 53.8 Å². The van der Waals surface area contributed by atoms with Gasteiger partial charge in [-0.15, -0.1) is 0 Å². The van der Waals surface area contributed by atoms with Crippen molar-refractivity contribution < 1.29 is 34.2 Å². The third-order valence-corrected chi connectivity index (χ3v) is 6.45.